The van der Waals surface area contributed by atoms with Gasteiger partial charge in [0.25, 0.3) is 0 Å². The Morgan fingerprint density at radius 1 is 1.82 bits per heavy atom. The van der Waals surface area contributed by atoms with Gasteiger partial charge < -0.3 is 8.86 Å². The van der Waals surface area contributed by atoms with Crippen LogP contribution in [-0.4, -0.2) is 15.5 Å². The molecule has 0 amide bonds. The molecule has 4 nitrogen and oxygen atoms in total. The zero-order valence-electron chi connectivity index (χ0n) is 6.17. The summed E-state index contributed by atoms with van der Waals surface area (Å²) < 4.78 is 5.70. The molecular formula is C6H7ClN2O2. The third-order valence-electron chi connectivity index (χ3n) is 1.50. The van der Waals surface area contributed by atoms with Gasteiger partial charge in [-0.15, -0.1) is 0 Å². The smallest absolute Gasteiger partial charge is 0.342 e. The number of halogens is 1. The highest BCUT2D eigenvalue weighted by Gasteiger charge is 2.13. The van der Waals surface area contributed by atoms with Crippen LogP contribution in [0.25, 0.3) is 0 Å². The van der Waals surface area contributed by atoms with Crippen LogP contribution in [0.5, 0.6) is 0 Å². The van der Waals surface area contributed by atoms with Crippen LogP contribution in [0.15, 0.2) is 6.33 Å². The normalized spacial score (nSPS) is 9.73. The van der Waals surface area contributed by atoms with Crippen LogP contribution in [0.1, 0.15) is 16.2 Å². The van der Waals surface area contributed by atoms with Crippen molar-refractivity contribution in [3.63, 3.8) is 0 Å². The van der Waals surface area contributed by atoms with Gasteiger partial charge in [0.15, 0.2) is 5.69 Å². The topological polar surface area (TPSA) is 44.1 Å². The van der Waals surface area contributed by atoms with Crippen molar-refractivity contribution in [1.29, 1.82) is 0 Å². The Morgan fingerprint density at radius 3 is 2.82 bits per heavy atom. The summed E-state index contributed by atoms with van der Waals surface area (Å²) in [6.07, 6.45) is 1.53. The summed E-state index contributed by atoms with van der Waals surface area (Å²) in [6.45, 7) is 1.76. The van der Waals surface area contributed by atoms with E-state index >= 15 is 0 Å². The van der Waals surface area contributed by atoms with Crippen molar-refractivity contribution >= 4 is 17.8 Å². The first-order chi connectivity index (χ1) is 5.16. The van der Waals surface area contributed by atoms with Gasteiger partial charge >= 0.3 is 5.97 Å². The monoisotopic (exact) mass is 174 g/mol. The van der Waals surface area contributed by atoms with Crippen LogP contribution >= 0.6 is 11.9 Å². The summed E-state index contributed by atoms with van der Waals surface area (Å²) >= 11 is 4.87. The summed E-state index contributed by atoms with van der Waals surface area (Å²) in [4.78, 5) is 14.6. The van der Waals surface area contributed by atoms with Gasteiger partial charge in [0, 0.05) is 12.7 Å². The number of aromatic nitrogens is 2. The Kier molecular flexibility index (Phi) is 2.14. The number of carbonyl (C=O) groups is 1. The van der Waals surface area contributed by atoms with Crippen LogP contribution in [0.3, 0.4) is 0 Å². The molecule has 1 rings (SSSR count). The summed E-state index contributed by atoms with van der Waals surface area (Å²) in [6, 6.07) is 0. The van der Waals surface area contributed by atoms with Crippen LogP contribution < -0.4 is 0 Å². The van der Waals surface area contributed by atoms with E-state index in [2.05, 4.69) is 9.27 Å². The minimum atomic E-state index is -0.621. The lowest BCUT2D eigenvalue weighted by Crippen LogP contribution is -2.01. The Morgan fingerprint density at radius 2 is 2.45 bits per heavy atom. The van der Waals surface area contributed by atoms with Crippen molar-refractivity contribution in [2.45, 2.75) is 6.92 Å². The SMILES string of the molecule is Cc1c(C(=O)OCl)ncn1C. The maximum absolute atomic E-state index is 10.8. The molecule has 0 saturated carbocycles. The van der Waals surface area contributed by atoms with Crippen molar-refractivity contribution < 1.29 is 9.08 Å². The highest BCUT2D eigenvalue weighted by molar-refractivity contribution is 6.15. The molecule has 0 N–H and O–H groups in total. The lowest BCUT2D eigenvalue weighted by molar-refractivity contribution is 0.0745. The molecule has 0 radical (unpaired) electrons. The molecule has 0 unspecified atom stereocenters. The van der Waals surface area contributed by atoms with Crippen molar-refractivity contribution in [3.8, 4) is 0 Å². The van der Waals surface area contributed by atoms with E-state index in [1.165, 1.54) is 6.33 Å². The maximum atomic E-state index is 10.8. The molecule has 1 aromatic rings. The zero-order chi connectivity index (χ0) is 8.43. The molecule has 0 aliphatic heterocycles. The minimum Gasteiger partial charge on any atom is -0.342 e. The maximum Gasteiger partial charge on any atom is 0.376 e. The molecule has 60 valence electrons. The van der Waals surface area contributed by atoms with Gasteiger partial charge in [0.05, 0.1) is 6.33 Å². The molecule has 0 saturated heterocycles. The summed E-state index contributed by atoms with van der Waals surface area (Å²) in [5.41, 5.74) is 0.984. The van der Waals surface area contributed by atoms with Gasteiger partial charge in [-0.1, -0.05) is 0 Å². The standard InChI is InChI=1S/C6H7ClN2O2/c1-4-5(6(10)11-7)8-3-9(4)2/h3H,1-2H3. The number of aryl methyl sites for hydroxylation is 1. The largest absolute Gasteiger partial charge is 0.376 e. The second-order valence-corrected chi connectivity index (χ2v) is 2.31. The summed E-state index contributed by atoms with van der Waals surface area (Å²) in [5.74, 6) is -0.621. The van der Waals surface area contributed by atoms with Crippen LogP contribution in [0.2, 0.25) is 0 Å². The van der Waals surface area contributed by atoms with Crippen molar-refractivity contribution in [1.82, 2.24) is 9.55 Å². The molecule has 11 heavy (non-hydrogen) atoms. The molecule has 5 heteroatoms. The Balaban J connectivity index is 3.04. The van der Waals surface area contributed by atoms with Crippen LogP contribution in [-0.2, 0) is 11.3 Å². The fraction of sp³-hybridized carbons (Fsp3) is 0.333. The number of rotatable bonds is 1. The number of hydrogen-bond donors (Lipinski definition) is 0. The van der Waals surface area contributed by atoms with Crippen molar-refractivity contribution in [2.24, 2.45) is 7.05 Å². The fourth-order valence-corrected chi connectivity index (χ4v) is 0.801. The molecule has 0 aliphatic carbocycles. The number of imidazole rings is 1. The second kappa shape index (κ2) is 2.92. The van der Waals surface area contributed by atoms with Gasteiger partial charge in [-0.3, -0.25) is 0 Å². The van der Waals surface area contributed by atoms with Gasteiger partial charge in [-0.05, 0) is 6.92 Å². The predicted octanol–water partition coefficient (Wildman–Crippen LogP) is 1.04. The van der Waals surface area contributed by atoms with Crippen molar-refractivity contribution in [2.75, 3.05) is 0 Å². The first-order valence-electron chi connectivity index (χ1n) is 2.97. The Labute approximate surface area is 68.9 Å². The molecule has 1 aromatic heterocycles. The fourth-order valence-electron chi connectivity index (χ4n) is 0.728. The Hall–Kier alpha value is -1.03. The molecule has 0 fully saturated rings. The van der Waals surface area contributed by atoms with E-state index in [1.807, 2.05) is 0 Å². The number of nitrogens with zero attached hydrogens (tertiary/aromatic N) is 2. The third-order valence-corrected chi connectivity index (χ3v) is 1.64. The lowest BCUT2D eigenvalue weighted by atomic mass is 10.3. The zero-order valence-corrected chi connectivity index (χ0v) is 6.92. The predicted molar refractivity (Wildman–Crippen MR) is 39.2 cm³/mol. The second-order valence-electron chi connectivity index (χ2n) is 2.15. The van der Waals surface area contributed by atoms with Gasteiger partial charge in [0.2, 0.25) is 0 Å². The summed E-state index contributed by atoms with van der Waals surface area (Å²) in [5, 5.41) is 0. The molecule has 0 bridgehead atoms. The molecule has 0 spiro atoms. The molecule has 0 atom stereocenters. The highest BCUT2D eigenvalue weighted by atomic mass is 35.5. The van der Waals surface area contributed by atoms with Gasteiger partial charge in [-0.25, -0.2) is 9.78 Å². The molecule has 0 aliphatic rings. The Bertz CT molecular complexity index is 282. The van der Waals surface area contributed by atoms with Gasteiger partial charge in [-0.2, -0.15) is 0 Å². The van der Waals surface area contributed by atoms with Crippen LogP contribution in [0, 0.1) is 6.92 Å². The van der Waals surface area contributed by atoms with Gasteiger partial charge in [0.1, 0.15) is 11.9 Å². The molecular weight excluding hydrogens is 168 g/mol. The third kappa shape index (κ3) is 1.35. The first-order valence-corrected chi connectivity index (χ1v) is 3.28. The molecule has 1 heterocycles. The van der Waals surface area contributed by atoms with E-state index in [0.29, 0.717) is 0 Å². The van der Waals surface area contributed by atoms with E-state index in [4.69, 9.17) is 11.9 Å². The van der Waals surface area contributed by atoms with E-state index in [0.717, 1.165) is 5.69 Å². The molecule has 0 aromatic carbocycles. The van der Waals surface area contributed by atoms with E-state index in [1.54, 1.807) is 18.5 Å². The first kappa shape index (κ1) is 8.07. The van der Waals surface area contributed by atoms with Crippen LogP contribution in [0.4, 0.5) is 0 Å². The van der Waals surface area contributed by atoms with E-state index in [9.17, 15) is 4.79 Å². The number of hydrogen-bond acceptors (Lipinski definition) is 3. The van der Waals surface area contributed by atoms with E-state index in [-0.39, 0.29) is 5.69 Å². The summed E-state index contributed by atoms with van der Waals surface area (Å²) in [7, 11) is 1.79. The van der Waals surface area contributed by atoms with E-state index < -0.39 is 5.97 Å². The lowest BCUT2D eigenvalue weighted by Gasteiger charge is -1.94. The quantitative estimate of drug-likeness (QED) is 0.639. The average Bonchev–Trinajstić information content (AvgIpc) is 2.32. The minimum absolute atomic E-state index is 0.252. The highest BCUT2D eigenvalue weighted by Crippen LogP contribution is 2.06. The van der Waals surface area contributed by atoms with Crippen molar-refractivity contribution in [3.05, 3.63) is 17.7 Å². The average molecular weight is 175 g/mol. The number of carbonyl (C=O) groups excluding carboxylic acids is 1.